The number of rotatable bonds is 1. The van der Waals surface area contributed by atoms with Crippen molar-refractivity contribution in [3.63, 3.8) is 0 Å². The quantitative estimate of drug-likeness (QED) is 0.752. The summed E-state index contributed by atoms with van der Waals surface area (Å²) in [5.41, 5.74) is 0. The number of β-amino-alcohol motifs (C(OH)–C–C–N with tert-alkyl or cyclic N) is 1. The van der Waals surface area contributed by atoms with Gasteiger partial charge in [0.1, 0.15) is 3.70 Å². The van der Waals surface area contributed by atoms with Crippen molar-refractivity contribution in [2.24, 2.45) is 0 Å². The Morgan fingerprint density at radius 3 is 2.79 bits per heavy atom. The van der Waals surface area contributed by atoms with Crippen LogP contribution in [0.2, 0.25) is 0 Å². The van der Waals surface area contributed by atoms with Gasteiger partial charge >= 0.3 is 0 Å². The molecule has 1 unspecified atom stereocenters. The van der Waals surface area contributed by atoms with Gasteiger partial charge in [0.05, 0.1) is 19.1 Å². The summed E-state index contributed by atoms with van der Waals surface area (Å²) < 4.78 is 0.776. The van der Waals surface area contributed by atoms with Gasteiger partial charge in [-0.2, -0.15) is 0 Å². The number of halogens is 1. The van der Waals surface area contributed by atoms with Gasteiger partial charge in [-0.15, -0.1) is 10.2 Å². The molecule has 1 aromatic heterocycles. The lowest BCUT2D eigenvalue weighted by Gasteiger charge is -2.13. The van der Waals surface area contributed by atoms with E-state index in [9.17, 15) is 9.90 Å². The topological polar surface area (TPSA) is 66.3 Å². The molecule has 0 aliphatic carbocycles. The van der Waals surface area contributed by atoms with Crippen LogP contribution in [0.25, 0.3) is 0 Å². The van der Waals surface area contributed by atoms with Gasteiger partial charge in [-0.25, -0.2) is 0 Å². The largest absolute Gasteiger partial charge is 0.391 e. The third-order valence-corrected chi connectivity index (χ3v) is 2.57. The molecule has 0 spiro atoms. The molecular weight excluding hydrogens is 297 g/mol. The SMILES string of the molecule is O=C1CC(O)CN1c1ccc(I)nn1. The molecule has 0 saturated carbocycles. The Morgan fingerprint density at radius 2 is 2.29 bits per heavy atom. The first-order chi connectivity index (χ1) is 6.66. The predicted molar refractivity (Wildman–Crippen MR) is 57.7 cm³/mol. The molecule has 1 saturated heterocycles. The average Bonchev–Trinajstić information content (AvgIpc) is 2.47. The maximum atomic E-state index is 11.4. The molecule has 74 valence electrons. The molecule has 6 heteroatoms. The van der Waals surface area contributed by atoms with Gasteiger partial charge in [0.2, 0.25) is 5.91 Å². The lowest BCUT2D eigenvalue weighted by Crippen LogP contribution is -2.26. The van der Waals surface area contributed by atoms with Crippen molar-refractivity contribution in [2.75, 3.05) is 11.4 Å². The number of aromatic nitrogens is 2. The van der Waals surface area contributed by atoms with E-state index in [2.05, 4.69) is 10.2 Å². The number of aliphatic hydroxyl groups excluding tert-OH is 1. The summed E-state index contributed by atoms with van der Waals surface area (Å²) in [5.74, 6) is 0.403. The molecule has 0 radical (unpaired) electrons. The molecule has 14 heavy (non-hydrogen) atoms. The van der Waals surface area contributed by atoms with Gasteiger partial charge in [-0.1, -0.05) is 0 Å². The van der Waals surface area contributed by atoms with Crippen molar-refractivity contribution in [2.45, 2.75) is 12.5 Å². The monoisotopic (exact) mass is 305 g/mol. The van der Waals surface area contributed by atoms with Gasteiger partial charge in [-0.3, -0.25) is 9.69 Å². The van der Waals surface area contributed by atoms with E-state index in [4.69, 9.17) is 0 Å². The van der Waals surface area contributed by atoms with Gasteiger partial charge in [-0.05, 0) is 34.7 Å². The third kappa shape index (κ3) is 1.85. The van der Waals surface area contributed by atoms with E-state index < -0.39 is 6.10 Å². The highest BCUT2D eigenvalue weighted by Gasteiger charge is 2.29. The fraction of sp³-hybridized carbons (Fsp3) is 0.375. The minimum atomic E-state index is -0.580. The zero-order chi connectivity index (χ0) is 10.1. The van der Waals surface area contributed by atoms with Gasteiger partial charge in [0.15, 0.2) is 5.82 Å². The number of hydrogen-bond donors (Lipinski definition) is 1. The van der Waals surface area contributed by atoms with E-state index in [1.807, 2.05) is 22.6 Å². The first kappa shape index (κ1) is 9.78. The molecule has 1 atom stereocenters. The van der Waals surface area contributed by atoms with E-state index in [1.165, 1.54) is 4.90 Å². The second-order valence-electron chi connectivity index (χ2n) is 3.08. The van der Waals surface area contributed by atoms with Gasteiger partial charge in [0.25, 0.3) is 0 Å². The van der Waals surface area contributed by atoms with E-state index in [1.54, 1.807) is 12.1 Å². The normalized spacial score (nSPS) is 21.7. The first-order valence-corrected chi connectivity index (χ1v) is 5.22. The highest BCUT2D eigenvalue weighted by Crippen LogP contribution is 2.18. The lowest BCUT2D eigenvalue weighted by atomic mass is 10.3. The molecule has 1 N–H and O–H groups in total. The summed E-state index contributed by atoms with van der Waals surface area (Å²) in [6.07, 6.45) is -0.406. The van der Waals surface area contributed by atoms with Crippen LogP contribution in [0.1, 0.15) is 6.42 Å². The van der Waals surface area contributed by atoms with E-state index in [0.717, 1.165) is 3.70 Å². The van der Waals surface area contributed by atoms with Crippen molar-refractivity contribution in [3.8, 4) is 0 Å². The Morgan fingerprint density at radius 1 is 1.50 bits per heavy atom. The van der Waals surface area contributed by atoms with Crippen LogP contribution in [-0.2, 0) is 4.79 Å². The maximum absolute atomic E-state index is 11.4. The Labute approximate surface area is 94.3 Å². The van der Waals surface area contributed by atoms with Crippen LogP contribution in [0.3, 0.4) is 0 Å². The fourth-order valence-electron chi connectivity index (χ4n) is 1.36. The molecule has 2 rings (SSSR count). The number of anilines is 1. The number of amides is 1. The van der Waals surface area contributed by atoms with Gasteiger partial charge in [0, 0.05) is 0 Å². The summed E-state index contributed by atoms with van der Waals surface area (Å²) in [6.45, 7) is 0.314. The third-order valence-electron chi connectivity index (χ3n) is 2.00. The van der Waals surface area contributed by atoms with Crippen molar-refractivity contribution >= 4 is 34.3 Å². The van der Waals surface area contributed by atoms with E-state index in [-0.39, 0.29) is 12.3 Å². The number of hydrogen-bond acceptors (Lipinski definition) is 4. The van der Waals surface area contributed by atoms with Crippen molar-refractivity contribution in [3.05, 3.63) is 15.8 Å². The molecule has 5 nitrogen and oxygen atoms in total. The van der Waals surface area contributed by atoms with Crippen LogP contribution >= 0.6 is 22.6 Å². The van der Waals surface area contributed by atoms with Crippen molar-refractivity contribution in [1.29, 1.82) is 0 Å². The van der Waals surface area contributed by atoms with Gasteiger partial charge < -0.3 is 5.11 Å². The first-order valence-electron chi connectivity index (χ1n) is 4.14. The summed E-state index contributed by atoms with van der Waals surface area (Å²) in [7, 11) is 0. The average molecular weight is 305 g/mol. The van der Waals surface area contributed by atoms with Crippen LogP contribution in [0.4, 0.5) is 5.82 Å². The van der Waals surface area contributed by atoms with E-state index >= 15 is 0 Å². The maximum Gasteiger partial charge on any atom is 0.230 e. The fourth-order valence-corrected chi connectivity index (χ4v) is 1.65. The standard InChI is InChI=1S/C8H8IN3O2/c9-6-1-2-7(11-10-6)12-4-5(13)3-8(12)14/h1-2,5,13H,3-4H2. The summed E-state index contributed by atoms with van der Waals surface area (Å²) in [5, 5.41) is 17.0. The molecule has 1 fully saturated rings. The zero-order valence-corrected chi connectivity index (χ0v) is 9.38. The summed E-state index contributed by atoms with van der Waals surface area (Å²) in [4.78, 5) is 12.8. The molecule has 0 bridgehead atoms. The highest BCUT2D eigenvalue weighted by atomic mass is 127. The Balaban J connectivity index is 2.23. The number of carbonyl (C=O) groups is 1. The molecule has 1 amide bonds. The summed E-state index contributed by atoms with van der Waals surface area (Å²) in [6, 6.07) is 3.51. The second kappa shape index (κ2) is 3.77. The zero-order valence-electron chi connectivity index (χ0n) is 7.22. The molecule has 1 aromatic rings. The van der Waals surface area contributed by atoms with Crippen LogP contribution in [0.15, 0.2) is 12.1 Å². The van der Waals surface area contributed by atoms with Crippen LogP contribution in [-0.4, -0.2) is 33.9 Å². The second-order valence-corrected chi connectivity index (χ2v) is 4.18. The minimum absolute atomic E-state index is 0.104. The molecule has 2 heterocycles. The number of nitrogens with zero attached hydrogens (tertiary/aromatic N) is 3. The molecule has 1 aliphatic heterocycles. The van der Waals surface area contributed by atoms with Crippen LogP contribution in [0, 0.1) is 3.70 Å². The minimum Gasteiger partial charge on any atom is -0.391 e. The van der Waals surface area contributed by atoms with Crippen molar-refractivity contribution < 1.29 is 9.90 Å². The Kier molecular flexibility index (Phi) is 2.64. The predicted octanol–water partition coefficient (Wildman–Crippen LogP) is 0.179. The smallest absolute Gasteiger partial charge is 0.230 e. The molecular formula is C8H8IN3O2. The molecule has 0 aromatic carbocycles. The van der Waals surface area contributed by atoms with Crippen molar-refractivity contribution in [1.82, 2.24) is 10.2 Å². The molecule has 1 aliphatic rings. The number of carbonyl (C=O) groups excluding carboxylic acids is 1. The van der Waals surface area contributed by atoms with E-state index in [0.29, 0.717) is 12.4 Å². The van der Waals surface area contributed by atoms with Crippen LogP contribution in [0.5, 0.6) is 0 Å². The Bertz CT molecular complexity index is 354. The summed E-state index contributed by atoms with van der Waals surface area (Å²) >= 11 is 2.04. The number of aliphatic hydroxyl groups is 1. The van der Waals surface area contributed by atoms with Crippen LogP contribution < -0.4 is 4.90 Å². The highest BCUT2D eigenvalue weighted by molar-refractivity contribution is 14.1. The Hall–Kier alpha value is -0.760. The lowest BCUT2D eigenvalue weighted by molar-refractivity contribution is -0.117.